The lowest BCUT2D eigenvalue weighted by Gasteiger charge is -2.01. The van der Waals surface area contributed by atoms with E-state index in [4.69, 9.17) is 0 Å². The summed E-state index contributed by atoms with van der Waals surface area (Å²) in [6, 6.07) is 14.3. The summed E-state index contributed by atoms with van der Waals surface area (Å²) in [5, 5.41) is 1.22. The number of carbonyl (C=O) groups excluding carboxylic acids is 1. The number of aromatic amines is 1. The monoisotopic (exact) mass is 385 g/mol. The Bertz CT molecular complexity index is 904. The van der Waals surface area contributed by atoms with Gasteiger partial charge in [-0.1, -0.05) is 36.4 Å². The maximum absolute atomic E-state index is 12.2. The number of fused-ring (bicyclic) bond motifs is 2. The Balaban J connectivity index is 1.84. The van der Waals surface area contributed by atoms with Gasteiger partial charge in [-0.05, 0) is 51.4 Å². The first-order valence-corrected chi connectivity index (χ1v) is 7.90. The van der Waals surface area contributed by atoms with Crippen LogP contribution in [0.1, 0.15) is 16.7 Å². The molecule has 0 saturated heterocycles. The number of H-pyrrole nitrogens is 1. The van der Waals surface area contributed by atoms with E-state index in [2.05, 4.69) is 45.8 Å². The molecular formula is C18H12INO. The number of hydrogen-bond acceptors (Lipinski definition) is 1. The number of halogens is 1. The third kappa shape index (κ3) is 2.12. The van der Waals surface area contributed by atoms with Crippen LogP contribution in [0.25, 0.3) is 22.6 Å². The van der Waals surface area contributed by atoms with Crippen LogP contribution in [-0.2, 0) is 11.2 Å². The fourth-order valence-electron chi connectivity index (χ4n) is 2.88. The molecule has 0 spiro atoms. The smallest absolute Gasteiger partial charge is 0.167 e. The number of nitrogens with one attached hydrogen (secondary N) is 1. The average Bonchev–Trinajstić information content (AvgIpc) is 3.01. The molecule has 4 rings (SSSR count). The molecule has 0 bridgehead atoms. The molecule has 102 valence electrons. The highest BCUT2D eigenvalue weighted by Gasteiger charge is 2.23. The minimum absolute atomic E-state index is 0.206. The SMILES string of the molecule is O=C1Cc2ccccc2/C1=C\c1ccc2c(I)c[nH]c2c1. The fraction of sp³-hybridized carbons (Fsp3) is 0.0556. The second-order valence-electron chi connectivity index (χ2n) is 5.26. The molecule has 1 aromatic heterocycles. The van der Waals surface area contributed by atoms with Crippen LogP contribution in [0.2, 0.25) is 0 Å². The zero-order valence-corrected chi connectivity index (χ0v) is 13.3. The minimum atomic E-state index is 0.206. The van der Waals surface area contributed by atoms with E-state index < -0.39 is 0 Å². The molecule has 0 radical (unpaired) electrons. The van der Waals surface area contributed by atoms with E-state index in [0.29, 0.717) is 6.42 Å². The lowest BCUT2D eigenvalue weighted by atomic mass is 10.0. The summed E-state index contributed by atoms with van der Waals surface area (Å²) < 4.78 is 1.21. The van der Waals surface area contributed by atoms with Crippen LogP contribution in [0, 0.1) is 3.57 Å². The first-order chi connectivity index (χ1) is 10.2. The van der Waals surface area contributed by atoms with E-state index in [1.807, 2.05) is 36.5 Å². The van der Waals surface area contributed by atoms with Gasteiger partial charge in [0.15, 0.2) is 5.78 Å². The van der Waals surface area contributed by atoms with Gasteiger partial charge in [-0.25, -0.2) is 0 Å². The van der Waals surface area contributed by atoms with E-state index in [9.17, 15) is 4.79 Å². The quantitative estimate of drug-likeness (QED) is 0.488. The topological polar surface area (TPSA) is 32.9 Å². The number of rotatable bonds is 1. The summed E-state index contributed by atoms with van der Waals surface area (Å²) in [5.74, 6) is 0.206. The fourth-order valence-corrected chi connectivity index (χ4v) is 3.50. The van der Waals surface area contributed by atoms with Crippen molar-refractivity contribution in [3.05, 3.63) is 68.9 Å². The van der Waals surface area contributed by atoms with E-state index in [1.54, 1.807) is 0 Å². The summed E-state index contributed by atoms with van der Waals surface area (Å²) in [7, 11) is 0. The number of aromatic nitrogens is 1. The van der Waals surface area contributed by atoms with Gasteiger partial charge < -0.3 is 4.98 Å². The summed E-state index contributed by atoms with van der Waals surface area (Å²) in [6.07, 6.45) is 4.52. The van der Waals surface area contributed by atoms with Gasteiger partial charge in [-0.2, -0.15) is 0 Å². The number of hydrogen-bond donors (Lipinski definition) is 1. The predicted molar refractivity (Wildman–Crippen MR) is 94.0 cm³/mol. The third-order valence-electron chi connectivity index (χ3n) is 3.93. The zero-order chi connectivity index (χ0) is 14.4. The van der Waals surface area contributed by atoms with Gasteiger partial charge >= 0.3 is 0 Å². The van der Waals surface area contributed by atoms with Crippen LogP contribution in [0.15, 0.2) is 48.7 Å². The molecule has 3 aromatic rings. The molecule has 1 aliphatic carbocycles. The Hall–Kier alpha value is -1.88. The largest absolute Gasteiger partial charge is 0.360 e. The first-order valence-electron chi connectivity index (χ1n) is 6.82. The van der Waals surface area contributed by atoms with Crippen molar-refractivity contribution in [2.45, 2.75) is 6.42 Å². The number of benzene rings is 2. The molecule has 0 fully saturated rings. The number of ketones is 1. The second kappa shape index (κ2) is 4.84. The van der Waals surface area contributed by atoms with Gasteiger partial charge in [0.05, 0.1) is 0 Å². The minimum Gasteiger partial charge on any atom is -0.360 e. The van der Waals surface area contributed by atoms with E-state index in [1.165, 1.54) is 8.96 Å². The molecule has 2 nitrogen and oxygen atoms in total. The molecule has 0 amide bonds. The van der Waals surface area contributed by atoms with Gasteiger partial charge in [0.1, 0.15) is 0 Å². The van der Waals surface area contributed by atoms with Gasteiger partial charge in [-0.3, -0.25) is 4.79 Å². The second-order valence-corrected chi connectivity index (χ2v) is 6.42. The normalized spacial score (nSPS) is 15.9. The molecular weight excluding hydrogens is 373 g/mol. The van der Waals surface area contributed by atoms with Crippen LogP contribution in [0.3, 0.4) is 0 Å². The molecule has 0 saturated carbocycles. The molecule has 1 aliphatic rings. The molecule has 0 atom stereocenters. The highest BCUT2D eigenvalue weighted by atomic mass is 127. The van der Waals surface area contributed by atoms with Crippen LogP contribution in [0.5, 0.6) is 0 Å². The highest BCUT2D eigenvalue weighted by Crippen LogP contribution is 2.31. The lowest BCUT2D eigenvalue weighted by molar-refractivity contribution is -0.112. The molecule has 1 N–H and O–H groups in total. The highest BCUT2D eigenvalue weighted by molar-refractivity contribution is 14.1. The van der Waals surface area contributed by atoms with E-state index in [-0.39, 0.29) is 5.78 Å². The molecule has 0 unspecified atom stereocenters. The van der Waals surface area contributed by atoms with Gasteiger partial charge in [-0.15, -0.1) is 0 Å². The first kappa shape index (κ1) is 12.8. The average molecular weight is 385 g/mol. The van der Waals surface area contributed by atoms with Crippen LogP contribution in [0.4, 0.5) is 0 Å². The van der Waals surface area contributed by atoms with Crippen molar-refractivity contribution in [2.75, 3.05) is 0 Å². The third-order valence-corrected chi connectivity index (χ3v) is 4.82. The van der Waals surface area contributed by atoms with Crippen LogP contribution >= 0.6 is 22.6 Å². The van der Waals surface area contributed by atoms with Crippen molar-refractivity contribution in [3.8, 4) is 0 Å². The number of allylic oxidation sites excluding steroid dienone is 1. The summed E-state index contributed by atoms with van der Waals surface area (Å²) in [6.45, 7) is 0. The molecule has 21 heavy (non-hydrogen) atoms. The Morgan fingerprint density at radius 2 is 2.00 bits per heavy atom. The number of Topliss-reactive ketones (excluding diaryl/α,β-unsaturated/α-hetero) is 1. The van der Waals surface area contributed by atoms with Crippen molar-refractivity contribution < 1.29 is 4.79 Å². The summed E-state index contributed by atoms with van der Waals surface area (Å²) >= 11 is 2.32. The Kier molecular flexibility index (Phi) is 2.96. The Morgan fingerprint density at radius 3 is 2.90 bits per heavy atom. The van der Waals surface area contributed by atoms with Gasteiger partial charge in [0.25, 0.3) is 0 Å². The zero-order valence-electron chi connectivity index (χ0n) is 11.2. The molecule has 1 heterocycles. The van der Waals surface area contributed by atoms with Crippen LogP contribution in [-0.4, -0.2) is 10.8 Å². The van der Waals surface area contributed by atoms with Crippen molar-refractivity contribution in [3.63, 3.8) is 0 Å². The maximum Gasteiger partial charge on any atom is 0.167 e. The lowest BCUT2D eigenvalue weighted by Crippen LogP contribution is -1.93. The number of carbonyl (C=O) groups is 1. The van der Waals surface area contributed by atoms with Crippen LogP contribution < -0.4 is 0 Å². The molecule has 3 heteroatoms. The Labute approximate surface area is 136 Å². The predicted octanol–water partition coefficient (Wildman–Crippen LogP) is 4.44. The van der Waals surface area contributed by atoms with Crippen molar-refractivity contribution in [1.82, 2.24) is 4.98 Å². The maximum atomic E-state index is 12.2. The van der Waals surface area contributed by atoms with E-state index in [0.717, 1.165) is 27.8 Å². The Morgan fingerprint density at radius 1 is 1.14 bits per heavy atom. The van der Waals surface area contributed by atoms with Crippen molar-refractivity contribution in [2.24, 2.45) is 0 Å². The van der Waals surface area contributed by atoms with Crippen molar-refractivity contribution in [1.29, 1.82) is 0 Å². The van der Waals surface area contributed by atoms with Gasteiger partial charge in [0.2, 0.25) is 0 Å². The summed E-state index contributed by atoms with van der Waals surface area (Å²) in [4.78, 5) is 15.5. The van der Waals surface area contributed by atoms with Gasteiger partial charge in [0, 0.05) is 32.7 Å². The molecule has 0 aliphatic heterocycles. The summed E-state index contributed by atoms with van der Waals surface area (Å²) in [5.41, 5.74) is 5.19. The standard InChI is InChI=1S/C18H12INO/c19-16-10-20-17-8-11(5-6-14(16)17)7-15-13-4-2-1-3-12(13)9-18(15)21/h1-8,10,20H,9H2/b15-7+. The molecule has 2 aromatic carbocycles. The van der Waals surface area contributed by atoms with Crippen molar-refractivity contribution >= 4 is 50.9 Å². The van der Waals surface area contributed by atoms with E-state index >= 15 is 0 Å².